The van der Waals surface area contributed by atoms with Gasteiger partial charge in [0.1, 0.15) is 6.10 Å². The van der Waals surface area contributed by atoms with Crippen LogP contribution in [0.3, 0.4) is 0 Å². The fourth-order valence-electron chi connectivity index (χ4n) is 0.718. The minimum atomic E-state index is -0.778. The maximum absolute atomic E-state index is 9.68. The van der Waals surface area contributed by atoms with Gasteiger partial charge in [0.2, 0.25) is 0 Å². The molecular formula is C4H7NO4. The Bertz CT molecular complexity index is 109. The Morgan fingerprint density at radius 1 is 1.78 bits per heavy atom. The molecule has 0 aromatic rings. The minimum absolute atomic E-state index is 0.333. The largest absolute Gasteiger partial charge is 0.379 e. The zero-order chi connectivity index (χ0) is 6.69. The average Bonchev–Trinajstić information content (AvgIpc) is 2.15. The molecule has 1 saturated heterocycles. The Kier molecular flexibility index (Phi) is 1.84. The quantitative estimate of drug-likeness (QED) is 0.392. The summed E-state index contributed by atoms with van der Waals surface area (Å²) in [7, 11) is 0. The maximum Gasteiger partial charge on any atom is 0.294 e. The molecule has 1 heterocycles. The normalized spacial score (nSPS) is 26.0. The molecule has 0 saturated carbocycles. The van der Waals surface area contributed by atoms with Crippen LogP contribution in [0.2, 0.25) is 0 Å². The average molecular weight is 133 g/mol. The lowest BCUT2D eigenvalue weighted by molar-refractivity contribution is -0.767. The fourth-order valence-corrected chi connectivity index (χ4v) is 0.718. The third-order valence-corrected chi connectivity index (χ3v) is 1.12. The molecule has 0 amide bonds. The SMILES string of the molecule is O=[N+]([O-])OC1CCOC1. The van der Waals surface area contributed by atoms with E-state index < -0.39 is 5.09 Å². The predicted octanol–water partition coefficient (Wildman–Crippen LogP) is -0.0164. The summed E-state index contributed by atoms with van der Waals surface area (Å²) in [6, 6.07) is 0. The van der Waals surface area contributed by atoms with Gasteiger partial charge in [-0.1, -0.05) is 0 Å². The number of hydrogen-bond donors (Lipinski definition) is 0. The van der Waals surface area contributed by atoms with E-state index in [-0.39, 0.29) is 6.10 Å². The molecule has 1 unspecified atom stereocenters. The summed E-state index contributed by atoms with van der Waals surface area (Å²) in [4.78, 5) is 13.9. The molecule has 1 fully saturated rings. The third-order valence-electron chi connectivity index (χ3n) is 1.12. The van der Waals surface area contributed by atoms with Crippen molar-refractivity contribution in [1.29, 1.82) is 0 Å². The van der Waals surface area contributed by atoms with Crippen molar-refractivity contribution >= 4 is 0 Å². The van der Waals surface area contributed by atoms with E-state index in [9.17, 15) is 10.1 Å². The van der Waals surface area contributed by atoms with Crippen molar-refractivity contribution in [3.8, 4) is 0 Å². The number of rotatable bonds is 2. The van der Waals surface area contributed by atoms with Gasteiger partial charge >= 0.3 is 0 Å². The van der Waals surface area contributed by atoms with Gasteiger partial charge in [0.15, 0.2) is 0 Å². The van der Waals surface area contributed by atoms with Crippen LogP contribution in [-0.4, -0.2) is 24.4 Å². The van der Waals surface area contributed by atoms with Gasteiger partial charge in [-0.05, 0) is 6.42 Å². The van der Waals surface area contributed by atoms with Gasteiger partial charge in [-0.15, -0.1) is 10.1 Å². The van der Waals surface area contributed by atoms with E-state index in [2.05, 4.69) is 4.84 Å². The molecule has 1 rings (SSSR count). The van der Waals surface area contributed by atoms with Crippen LogP contribution >= 0.6 is 0 Å². The first kappa shape index (κ1) is 6.28. The summed E-state index contributed by atoms with van der Waals surface area (Å²) in [5, 5.41) is 8.90. The van der Waals surface area contributed by atoms with Gasteiger partial charge < -0.3 is 9.57 Å². The predicted molar refractivity (Wildman–Crippen MR) is 27.3 cm³/mol. The van der Waals surface area contributed by atoms with E-state index in [1.165, 1.54) is 0 Å². The first-order chi connectivity index (χ1) is 4.29. The van der Waals surface area contributed by atoms with Crippen molar-refractivity contribution in [3.05, 3.63) is 10.1 Å². The highest BCUT2D eigenvalue weighted by Gasteiger charge is 2.18. The molecule has 0 N–H and O–H groups in total. The zero-order valence-electron chi connectivity index (χ0n) is 4.78. The molecule has 1 aliphatic heterocycles. The van der Waals surface area contributed by atoms with Crippen LogP contribution in [0.25, 0.3) is 0 Å². The lowest BCUT2D eigenvalue weighted by atomic mass is 10.3. The molecule has 52 valence electrons. The zero-order valence-corrected chi connectivity index (χ0v) is 4.78. The van der Waals surface area contributed by atoms with Crippen LogP contribution < -0.4 is 0 Å². The van der Waals surface area contributed by atoms with Gasteiger partial charge in [0.05, 0.1) is 6.61 Å². The van der Waals surface area contributed by atoms with E-state index in [1.807, 2.05) is 0 Å². The first-order valence-electron chi connectivity index (χ1n) is 2.68. The van der Waals surface area contributed by atoms with Gasteiger partial charge in [-0.25, -0.2) is 0 Å². The minimum Gasteiger partial charge on any atom is -0.379 e. The molecule has 0 radical (unpaired) electrons. The van der Waals surface area contributed by atoms with Crippen molar-refractivity contribution < 1.29 is 14.7 Å². The second kappa shape index (κ2) is 2.63. The van der Waals surface area contributed by atoms with Gasteiger partial charge in [0.25, 0.3) is 5.09 Å². The van der Waals surface area contributed by atoms with Gasteiger partial charge in [0, 0.05) is 6.61 Å². The van der Waals surface area contributed by atoms with E-state index in [0.29, 0.717) is 19.6 Å². The van der Waals surface area contributed by atoms with Crippen LogP contribution in [0.1, 0.15) is 6.42 Å². The number of nitrogens with zero attached hydrogens (tertiary/aromatic N) is 1. The standard InChI is InChI=1S/C4H7NO4/c6-5(7)9-4-1-2-8-3-4/h4H,1-3H2. The molecule has 0 spiro atoms. The monoisotopic (exact) mass is 133 g/mol. The van der Waals surface area contributed by atoms with E-state index in [4.69, 9.17) is 4.74 Å². The molecule has 1 aliphatic rings. The Balaban J connectivity index is 2.19. The fraction of sp³-hybridized carbons (Fsp3) is 1.00. The van der Waals surface area contributed by atoms with E-state index >= 15 is 0 Å². The molecule has 0 aliphatic carbocycles. The van der Waals surface area contributed by atoms with Crippen LogP contribution in [0.15, 0.2) is 0 Å². The van der Waals surface area contributed by atoms with Crippen molar-refractivity contribution in [3.63, 3.8) is 0 Å². The van der Waals surface area contributed by atoms with Crippen LogP contribution in [0.5, 0.6) is 0 Å². The maximum atomic E-state index is 9.68. The molecule has 9 heavy (non-hydrogen) atoms. The summed E-state index contributed by atoms with van der Waals surface area (Å²) < 4.78 is 4.83. The Hall–Kier alpha value is -0.840. The topological polar surface area (TPSA) is 61.6 Å². The molecule has 1 atom stereocenters. The summed E-state index contributed by atoms with van der Waals surface area (Å²) >= 11 is 0. The lowest BCUT2D eigenvalue weighted by Crippen LogP contribution is -2.16. The van der Waals surface area contributed by atoms with Crippen molar-refractivity contribution in [1.82, 2.24) is 0 Å². The molecule has 5 heteroatoms. The Morgan fingerprint density at radius 2 is 2.56 bits per heavy atom. The van der Waals surface area contributed by atoms with Crippen molar-refractivity contribution in [2.24, 2.45) is 0 Å². The Morgan fingerprint density at radius 3 is 3.00 bits per heavy atom. The molecule has 0 aromatic heterocycles. The van der Waals surface area contributed by atoms with E-state index in [0.717, 1.165) is 0 Å². The summed E-state index contributed by atoms with van der Waals surface area (Å²) in [5.74, 6) is 0. The second-order valence-corrected chi connectivity index (χ2v) is 1.81. The summed E-state index contributed by atoms with van der Waals surface area (Å²) in [6.45, 7) is 0.916. The summed E-state index contributed by atoms with van der Waals surface area (Å²) in [5.41, 5.74) is 0. The van der Waals surface area contributed by atoms with Crippen LogP contribution in [0, 0.1) is 10.1 Å². The molecule has 5 nitrogen and oxygen atoms in total. The second-order valence-electron chi connectivity index (χ2n) is 1.81. The Labute approximate surface area is 51.7 Å². The number of ether oxygens (including phenoxy) is 1. The van der Waals surface area contributed by atoms with Gasteiger partial charge in [-0.2, -0.15) is 0 Å². The van der Waals surface area contributed by atoms with Crippen LogP contribution in [-0.2, 0) is 9.57 Å². The smallest absolute Gasteiger partial charge is 0.294 e. The van der Waals surface area contributed by atoms with Crippen molar-refractivity contribution in [2.75, 3.05) is 13.2 Å². The third kappa shape index (κ3) is 1.85. The first-order valence-corrected chi connectivity index (χ1v) is 2.68. The van der Waals surface area contributed by atoms with Crippen LogP contribution in [0.4, 0.5) is 0 Å². The highest BCUT2D eigenvalue weighted by atomic mass is 17.0. The van der Waals surface area contributed by atoms with Gasteiger partial charge in [-0.3, -0.25) is 0 Å². The molecular weight excluding hydrogens is 126 g/mol. The summed E-state index contributed by atoms with van der Waals surface area (Å²) in [6.07, 6.45) is 0.293. The lowest BCUT2D eigenvalue weighted by Gasteiger charge is -2.01. The highest BCUT2D eigenvalue weighted by Crippen LogP contribution is 2.07. The van der Waals surface area contributed by atoms with E-state index in [1.54, 1.807) is 0 Å². The molecule has 0 bridgehead atoms. The number of hydrogen-bond acceptors (Lipinski definition) is 4. The highest BCUT2D eigenvalue weighted by molar-refractivity contribution is 4.60. The van der Waals surface area contributed by atoms with Crippen molar-refractivity contribution in [2.45, 2.75) is 12.5 Å². The molecule has 0 aromatic carbocycles.